The highest BCUT2D eigenvalue weighted by atomic mass is 127. The second-order valence-electron chi connectivity index (χ2n) is 3.96. The van der Waals surface area contributed by atoms with E-state index in [9.17, 15) is 9.50 Å². The Labute approximate surface area is 124 Å². The van der Waals surface area contributed by atoms with Crippen molar-refractivity contribution in [2.45, 2.75) is 13.3 Å². The lowest BCUT2D eigenvalue weighted by atomic mass is 10.2. The molecule has 0 bridgehead atoms. The predicted octanol–water partition coefficient (Wildman–Crippen LogP) is 3.20. The van der Waals surface area contributed by atoms with Crippen molar-refractivity contribution >= 4 is 28.4 Å². The summed E-state index contributed by atoms with van der Waals surface area (Å²) < 4.78 is 14.3. The fourth-order valence-corrected chi connectivity index (χ4v) is 2.62. The summed E-state index contributed by atoms with van der Waals surface area (Å²) in [5, 5.41) is 12.4. The molecule has 0 radical (unpaired) electrons. The molecule has 0 amide bonds. The number of phenols is 1. The molecule has 0 unspecified atom stereocenters. The minimum absolute atomic E-state index is 0.138. The number of benzene rings is 1. The third-order valence-electron chi connectivity index (χ3n) is 2.63. The van der Waals surface area contributed by atoms with Gasteiger partial charge in [0.25, 0.3) is 0 Å². The van der Waals surface area contributed by atoms with E-state index in [-0.39, 0.29) is 5.75 Å². The molecule has 2 aromatic rings. The first-order valence-electron chi connectivity index (χ1n) is 5.79. The van der Waals surface area contributed by atoms with E-state index in [2.05, 4.69) is 37.9 Å². The van der Waals surface area contributed by atoms with Crippen molar-refractivity contribution in [1.82, 2.24) is 9.97 Å². The Bertz CT molecular complexity index is 574. The van der Waals surface area contributed by atoms with Gasteiger partial charge in [-0.1, -0.05) is 6.92 Å². The van der Waals surface area contributed by atoms with Gasteiger partial charge in [0.15, 0.2) is 5.82 Å². The zero-order valence-corrected chi connectivity index (χ0v) is 12.7. The van der Waals surface area contributed by atoms with E-state index >= 15 is 0 Å². The lowest BCUT2D eigenvalue weighted by Gasteiger charge is -2.10. The molecule has 1 heterocycles. The van der Waals surface area contributed by atoms with Crippen LogP contribution < -0.4 is 5.32 Å². The van der Waals surface area contributed by atoms with Crippen molar-refractivity contribution in [2.24, 2.45) is 0 Å². The van der Waals surface area contributed by atoms with E-state index in [0.29, 0.717) is 17.2 Å². The van der Waals surface area contributed by atoms with Crippen LogP contribution in [0.1, 0.15) is 12.6 Å². The summed E-state index contributed by atoms with van der Waals surface area (Å²) in [7, 11) is 1.77. The molecule has 0 saturated heterocycles. The van der Waals surface area contributed by atoms with Crippen LogP contribution in [0.2, 0.25) is 0 Å². The third kappa shape index (κ3) is 2.94. The second kappa shape index (κ2) is 5.68. The van der Waals surface area contributed by atoms with Gasteiger partial charge in [0.05, 0.1) is 9.26 Å². The highest BCUT2D eigenvalue weighted by Gasteiger charge is 2.12. The molecule has 2 rings (SSSR count). The first kappa shape index (κ1) is 14.0. The number of aromatic nitrogens is 2. The maximum atomic E-state index is 13.3. The molecule has 1 aromatic carbocycles. The van der Waals surface area contributed by atoms with Crippen LogP contribution in [0.5, 0.6) is 5.75 Å². The molecule has 0 aliphatic rings. The number of anilines is 1. The molecule has 4 nitrogen and oxygen atoms in total. The molecule has 6 heteroatoms. The molecule has 0 aliphatic heterocycles. The van der Waals surface area contributed by atoms with Gasteiger partial charge in [-0.25, -0.2) is 14.4 Å². The summed E-state index contributed by atoms with van der Waals surface area (Å²) in [5.41, 5.74) is 1.35. The van der Waals surface area contributed by atoms with Crippen molar-refractivity contribution in [3.8, 4) is 17.1 Å². The maximum Gasteiger partial charge on any atom is 0.162 e. The van der Waals surface area contributed by atoms with Crippen LogP contribution in [0.3, 0.4) is 0 Å². The quantitative estimate of drug-likeness (QED) is 0.812. The van der Waals surface area contributed by atoms with E-state index in [1.165, 1.54) is 12.1 Å². The van der Waals surface area contributed by atoms with Gasteiger partial charge in [0.2, 0.25) is 0 Å². The SMILES string of the molecule is CCc1nc(-c2cc(O)cc(F)c2)nc(NC)c1I. The first-order chi connectivity index (χ1) is 9.05. The number of halogens is 2. The van der Waals surface area contributed by atoms with E-state index < -0.39 is 5.82 Å². The Balaban J connectivity index is 2.61. The van der Waals surface area contributed by atoms with Gasteiger partial charge in [-0.3, -0.25) is 0 Å². The van der Waals surface area contributed by atoms with Crippen molar-refractivity contribution in [2.75, 3.05) is 12.4 Å². The van der Waals surface area contributed by atoms with Crippen molar-refractivity contribution in [1.29, 1.82) is 0 Å². The van der Waals surface area contributed by atoms with Gasteiger partial charge in [-0.05, 0) is 41.1 Å². The Hall–Kier alpha value is -1.44. The molecule has 0 fully saturated rings. The number of aryl methyl sites for hydroxylation is 1. The Morgan fingerprint density at radius 2 is 2.05 bits per heavy atom. The summed E-state index contributed by atoms with van der Waals surface area (Å²) in [6, 6.07) is 3.81. The standard InChI is InChI=1S/C13H13FIN3O/c1-3-10-11(15)13(16-2)18-12(17-10)7-4-8(14)6-9(19)5-7/h4-6,19H,3H2,1-2H3,(H,16,17,18). The fourth-order valence-electron chi connectivity index (χ4n) is 1.73. The van der Waals surface area contributed by atoms with Gasteiger partial charge < -0.3 is 10.4 Å². The van der Waals surface area contributed by atoms with Crippen molar-refractivity contribution in [3.63, 3.8) is 0 Å². The van der Waals surface area contributed by atoms with Crippen LogP contribution in [0.15, 0.2) is 18.2 Å². The second-order valence-corrected chi connectivity index (χ2v) is 5.04. The third-order valence-corrected chi connectivity index (χ3v) is 3.77. The highest BCUT2D eigenvalue weighted by Crippen LogP contribution is 2.26. The Kier molecular flexibility index (Phi) is 4.18. The fraction of sp³-hybridized carbons (Fsp3) is 0.231. The zero-order valence-electron chi connectivity index (χ0n) is 10.5. The minimum Gasteiger partial charge on any atom is -0.508 e. The van der Waals surface area contributed by atoms with Crippen LogP contribution in [0, 0.1) is 9.39 Å². The molecular weight excluding hydrogens is 360 g/mol. The molecular formula is C13H13FIN3O. The number of hydrogen-bond donors (Lipinski definition) is 2. The molecule has 0 atom stereocenters. The van der Waals surface area contributed by atoms with E-state index in [0.717, 1.165) is 21.8 Å². The normalized spacial score (nSPS) is 10.5. The van der Waals surface area contributed by atoms with Gasteiger partial charge in [0, 0.05) is 18.7 Å². The Morgan fingerprint density at radius 3 is 2.63 bits per heavy atom. The van der Waals surface area contributed by atoms with Gasteiger partial charge in [0.1, 0.15) is 17.4 Å². The largest absolute Gasteiger partial charge is 0.508 e. The number of nitrogens with zero attached hydrogens (tertiary/aromatic N) is 2. The number of phenolic OH excluding ortho intramolecular Hbond substituents is 1. The van der Waals surface area contributed by atoms with Crippen LogP contribution in [-0.2, 0) is 6.42 Å². The molecule has 2 N–H and O–H groups in total. The summed E-state index contributed by atoms with van der Waals surface area (Å²) in [6.07, 6.45) is 0.754. The first-order valence-corrected chi connectivity index (χ1v) is 6.87. The van der Waals surface area contributed by atoms with Gasteiger partial charge in [-0.2, -0.15) is 0 Å². The predicted molar refractivity (Wildman–Crippen MR) is 80.7 cm³/mol. The smallest absolute Gasteiger partial charge is 0.162 e. The monoisotopic (exact) mass is 373 g/mol. The number of aromatic hydroxyl groups is 1. The summed E-state index contributed by atoms with van der Waals surface area (Å²) in [6.45, 7) is 2.00. The summed E-state index contributed by atoms with van der Waals surface area (Å²) in [4.78, 5) is 8.76. The van der Waals surface area contributed by atoms with Gasteiger partial charge in [-0.15, -0.1) is 0 Å². The lowest BCUT2D eigenvalue weighted by Crippen LogP contribution is -2.04. The lowest BCUT2D eigenvalue weighted by molar-refractivity contribution is 0.469. The number of nitrogens with one attached hydrogen (secondary N) is 1. The zero-order chi connectivity index (χ0) is 14.0. The average molecular weight is 373 g/mol. The topological polar surface area (TPSA) is 58.0 Å². The van der Waals surface area contributed by atoms with Crippen LogP contribution in [0.25, 0.3) is 11.4 Å². The molecule has 0 aliphatic carbocycles. The molecule has 19 heavy (non-hydrogen) atoms. The van der Waals surface area contributed by atoms with Crippen LogP contribution >= 0.6 is 22.6 Å². The van der Waals surface area contributed by atoms with Crippen LogP contribution in [0.4, 0.5) is 10.2 Å². The number of hydrogen-bond acceptors (Lipinski definition) is 4. The summed E-state index contributed by atoms with van der Waals surface area (Å²) in [5.74, 6) is 0.449. The van der Waals surface area contributed by atoms with E-state index in [4.69, 9.17) is 0 Å². The minimum atomic E-state index is -0.513. The van der Waals surface area contributed by atoms with Crippen molar-refractivity contribution in [3.05, 3.63) is 33.3 Å². The summed E-state index contributed by atoms with van der Waals surface area (Å²) >= 11 is 2.18. The van der Waals surface area contributed by atoms with Crippen LogP contribution in [-0.4, -0.2) is 22.1 Å². The molecule has 0 spiro atoms. The van der Waals surface area contributed by atoms with E-state index in [1.807, 2.05) is 6.92 Å². The molecule has 1 aromatic heterocycles. The molecule has 0 saturated carbocycles. The highest BCUT2D eigenvalue weighted by molar-refractivity contribution is 14.1. The van der Waals surface area contributed by atoms with E-state index in [1.54, 1.807) is 7.05 Å². The maximum absolute atomic E-state index is 13.3. The molecule has 100 valence electrons. The van der Waals surface area contributed by atoms with Gasteiger partial charge >= 0.3 is 0 Å². The average Bonchev–Trinajstić information content (AvgIpc) is 2.37. The number of rotatable bonds is 3. The Morgan fingerprint density at radius 1 is 1.32 bits per heavy atom. The van der Waals surface area contributed by atoms with Crippen molar-refractivity contribution < 1.29 is 9.50 Å².